The van der Waals surface area contributed by atoms with Crippen LogP contribution in [0.5, 0.6) is 5.75 Å². The van der Waals surface area contributed by atoms with Gasteiger partial charge in [-0.3, -0.25) is 28.8 Å². The van der Waals surface area contributed by atoms with E-state index in [1.165, 1.54) is 4.90 Å². The highest BCUT2D eigenvalue weighted by molar-refractivity contribution is 7.13. The number of aromatic nitrogens is 1. The first-order valence-corrected chi connectivity index (χ1v) is 25.2. The van der Waals surface area contributed by atoms with E-state index in [0.717, 1.165) is 52.9 Å². The van der Waals surface area contributed by atoms with Crippen molar-refractivity contribution in [2.24, 2.45) is 16.9 Å². The van der Waals surface area contributed by atoms with Crippen molar-refractivity contribution in [1.29, 1.82) is 0 Å². The van der Waals surface area contributed by atoms with Gasteiger partial charge in [0.15, 0.2) is 0 Å². The average molecular weight is 1010 g/mol. The molecule has 69 heavy (non-hydrogen) atoms. The zero-order chi connectivity index (χ0) is 49.3. The highest BCUT2D eigenvalue weighted by atomic mass is 35.5. The van der Waals surface area contributed by atoms with Crippen LogP contribution < -0.4 is 26.8 Å². The third-order valence-corrected chi connectivity index (χ3v) is 15.0. The Labute approximate surface area is 421 Å². The van der Waals surface area contributed by atoms with Crippen molar-refractivity contribution >= 4 is 71.3 Å². The minimum atomic E-state index is -0.956. The van der Waals surface area contributed by atoms with E-state index in [9.17, 15) is 33.9 Å². The zero-order valence-electron chi connectivity index (χ0n) is 40.4. The summed E-state index contributed by atoms with van der Waals surface area (Å²) in [5, 5.41) is 17.1. The van der Waals surface area contributed by atoms with Crippen LogP contribution in [0.1, 0.15) is 128 Å². The fraction of sp³-hybridized carbons (Fsp3) is 0.580. The number of aliphatic hydroxyl groups excluding tert-OH is 1. The maximum absolute atomic E-state index is 14.2. The first-order chi connectivity index (χ1) is 32.4. The van der Waals surface area contributed by atoms with Crippen LogP contribution in [-0.4, -0.2) is 116 Å². The molecular formula is C50H70Cl2N8O8S. The molecule has 1 aromatic heterocycles. The Morgan fingerprint density at radius 1 is 1.04 bits per heavy atom. The van der Waals surface area contributed by atoms with E-state index in [1.807, 2.05) is 76.5 Å². The van der Waals surface area contributed by atoms with Crippen LogP contribution in [-0.2, 0) is 35.2 Å². The molecule has 6 rings (SSSR count). The number of β-amino-alcohol motifs (C(OH)–C–C–N with tert-alkyl or cyclic N) is 1. The summed E-state index contributed by atoms with van der Waals surface area (Å²) in [6.07, 6.45) is 5.95. The number of fused-ring (bicyclic) bond motifs is 1. The fourth-order valence-electron chi connectivity index (χ4n) is 9.75. The molecule has 3 aliphatic heterocycles. The number of aryl methyl sites for hydroxylation is 2. The second-order valence-electron chi connectivity index (χ2n) is 19.7. The van der Waals surface area contributed by atoms with Gasteiger partial charge in [-0.1, -0.05) is 81.6 Å². The van der Waals surface area contributed by atoms with E-state index in [0.29, 0.717) is 49.3 Å². The van der Waals surface area contributed by atoms with Crippen molar-refractivity contribution in [3.8, 4) is 16.2 Å². The number of likely N-dealkylation sites (tertiary alicyclic amines) is 1. The third-order valence-electron chi connectivity index (χ3n) is 13.6. The standard InChI is InChI=1S/C50H69ClN8O8S.ClH/c1-30(32-17-19-34(20-18-32)45-31(2)54-28-68-45)55-47(64)39-25-37(61)26-57(39)49(66)46(50(3,4)5)56-42(63)16-9-6-11-33-12-10-15-40(44(33)51)67-27-36(21-23-41(53)62)58(29-60)43-24-22-35-13-7-8-14-38(52)48(65)59(35)43;/h10,12,15,17-20,28-30,35-39,43,46,61H,6-9,11,13-14,16,21-27,52H2,1-5H3,(H2,53,62)(H,55,64)(H,56,63);1H/t30-,35-,36-,37?,38-,39?,43-,46+;/m0./s1. The van der Waals surface area contributed by atoms with Gasteiger partial charge in [0.2, 0.25) is 35.9 Å². The smallest absolute Gasteiger partial charge is 0.246 e. The quantitative estimate of drug-likeness (QED) is 0.0658. The molecule has 3 saturated heterocycles. The molecule has 0 saturated carbocycles. The number of thiazole rings is 1. The number of hydrogen-bond donors (Lipinski definition) is 5. The number of amides is 6. The zero-order valence-corrected chi connectivity index (χ0v) is 42.8. The van der Waals surface area contributed by atoms with E-state index in [4.69, 9.17) is 27.8 Å². The van der Waals surface area contributed by atoms with Gasteiger partial charge >= 0.3 is 0 Å². The Morgan fingerprint density at radius 3 is 2.43 bits per heavy atom. The number of primary amides is 1. The lowest BCUT2D eigenvalue weighted by Gasteiger charge is -2.41. The maximum Gasteiger partial charge on any atom is 0.246 e. The second-order valence-corrected chi connectivity index (χ2v) is 20.9. The largest absolute Gasteiger partial charge is 0.490 e. The molecule has 2 aromatic carbocycles. The van der Waals surface area contributed by atoms with Crippen molar-refractivity contribution in [2.45, 2.75) is 167 Å². The van der Waals surface area contributed by atoms with Gasteiger partial charge in [0.25, 0.3) is 0 Å². The molecule has 4 heterocycles. The number of nitrogens with zero attached hydrogens (tertiary/aromatic N) is 4. The third kappa shape index (κ3) is 14.0. The first kappa shape index (κ1) is 55.1. The van der Waals surface area contributed by atoms with Crippen molar-refractivity contribution in [1.82, 2.24) is 30.3 Å². The molecule has 3 aromatic rings. The number of ether oxygens (including phenoxy) is 1. The van der Waals surface area contributed by atoms with E-state index in [1.54, 1.807) is 27.2 Å². The minimum Gasteiger partial charge on any atom is -0.490 e. The molecule has 7 N–H and O–H groups in total. The Morgan fingerprint density at radius 2 is 1.77 bits per heavy atom. The van der Waals surface area contributed by atoms with Crippen LogP contribution in [0.4, 0.5) is 0 Å². The molecule has 8 atom stereocenters. The highest BCUT2D eigenvalue weighted by Crippen LogP contribution is 2.35. The van der Waals surface area contributed by atoms with Gasteiger partial charge in [0, 0.05) is 31.8 Å². The number of rotatable bonds is 20. The Balaban J connectivity index is 0.00000888. The number of nitrogens with one attached hydrogen (secondary N) is 2. The number of hydrogen-bond acceptors (Lipinski definition) is 11. The second kappa shape index (κ2) is 24.8. The van der Waals surface area contributed by atoms with Gasteiger partial charge in [0.05, 0.1) is 45.3 Å². The van der Waals surface area contributed by atoms with Crippen molar-refractivity contribution < 1.29 is 38.6 Å². The summed E-state index contributed by atoms with van der Waals surface area (Å²) in [6.45, 7) is 9.36. The molecule has 2 unspecified atom stereocenters. The van der Waals surface area contributed by atoms with Crippen LogP contribution in [0.2, 0.25) is 5.02 Å². The molecule has 16 nitrogen and oxygen atoms in total. The topological polar surface area (TPSA) is 231 Å². The summed E-state index contributed by atoms with van der Waals surface area (Å²) in [5.74, 6) is -1.42. The molecular weight excluding hydrogens is 944 g/mol. The lowest BCUT2D eigenvalue weighted by molar-refractivity contribution is -0.145. The lowest BCUT2D eigenvalue weighted by atomic mass is 9.85. The van der Waals surface area contributed by atoms with Gasteiger partial charge in [-0.05, 0) is 93.4 Å². The lowest BCUT2D eigenvalue weighted by Crippen LogP contribution is -2.58. The van der Waals surface area contributed by atoms with E-state index in [-0.39, 0.29) is 81.0 Å². The molecule has 6 amide bonds. The summed E-state index contributed by atoms with van der Waals surface area (Å²) in [6, 6.07) is 9.85. The van der Waals surface area contributed by atoms with Gasteiger partial charge in [-0.2, -0.15) is 0 Å². The van der Waals surface area contributed by atoms with E-state index >= 15 is 0 Å². The predicted octanol–water partition coefficient (Wildman–Crippen LogP) is 5.97. The summed E-state index contributed by atoms with van der Waals surface area (Å²) in [7, 11) is 0. The van der Waals surface area contributed by atoms with Crippen molar-refractivity contribution in [3.63, 3.8) is 0 Å². The van der Waals surface area contributed by atoms with Crippen LogP contribution in [0.25, 0.3) is 10.4 Å². The molecule has 0 radical (unpaired) electrons. The predicted molar refractivity (Wildman–Crippen MR) is 268 cm³/mol. The van der Waals surface area contributed by atoms with Crippen LogP contribution in [0, 0.1) is 12.3 Å². The van der Waals surface area contributed by atoms with Gasteiger partial charge in [-0.25, -0.2) is 4.98 Å². The molecule has 19 heteroatoms. The summed E-state index contributed by atoms with van der Waals surface area (Å²) >= 11 is 8.46. The molecule has 0 bridgehead atoms. The van der Waals surface area contributed by atoms with Gasteiger partial charge < -0.3 is 46.6 Å². The van der Waals surface area contributed by atoms with Gasteiger partial charge in [-0.15, -0.1) is 23.7 Å². The Bertz CT molecular complexity index is 2260. The Kier molecular flexibility index (Phi) is 19.8. The molecule has 3 fully saturated rings. The van der Waals surface area contributed by atoms with Crippen LogP contribution >= 0.6 is 35.3 Å². The number of halogens is 2. The summed E-state index contributed by atoms with van der Waals surface area (Å²) < 4.78 is 6.26. The molecule has 3 aliphatic rings. The Hall–Kier alpha value is -4.81. The van der Waals surface area contributed by atoms with E-state index < -0.39 is 53.7 Å². The number of unbranched alkanes of at least 4 members (excludes halogenated alkanes) is 1. The summed E-state index contributed by atoms with van der Waals surface area (Å²) in [4.78, 5) is 89.8. The van der Waals surface area contributed by atoms with Crippen molar-refractivity contribution in [2.75, 3.05) is 13.2 Å². The normalized spacial score (nSPS) is 21.7. The first-order valence-electron chi connectivity index (χ1n) is 24.0. The van der Waals surface area contributed by atoms with Gasteiger partial charge in [0.1, 0.15) is 30.6 Å². The molecule has 378 valence electrons. The number of carbonyl (C=O) groups excluding carboxylic acids is 6. The minimum absolute atomic E-state index is 0. The summed E-state index contributed by atoms with van der Waals surface area (Å²) in [5.41, 5.74) is 16.6. The average Bonchev–Trinajstić information content (AvgIpc) is 4.04. The van der Waals surface area contributed by atoms with E-state index in [2.05, 4.69) is 15.6 Å². The fourth-order valence-corrected chi connectivity index (χ4v) is 10.8. The number of nitrogens with two attached hydrogens (primary N) is 2. The van der Waals surface area contributed by atoms with Crippen molar-refractivity contribution in [3.05, 3.63) is 69.8 Å². The maximum atomic E-state index is 14.2. The molecule has 0 aliphatic carbocycles. The number of aliphatic hydroxyl groups is 1. The monoisotopic (exact) mass is 1010 g/mol. The number of carbonyl (C=O) groups is 6. The molecule has 0 spiro atoms. The number of benzene rings is 2. The van der Waals surface area contributed by atoms with Crippen LogP contribution in [0.3, 0.4) is 0 Å². The SMILES string of the molecule is Cc1ncsc1-c1ccc([C@H](C)NC(=O)C2CC(O)CN2C(=O)[C@@H](NC(=O)CCCCc2cccc(OC[C@H](CCC(N)=O)N(C=O)[C@@H]3CC[C@@H]4CCCC[C@H](N)C(=O)N43)c2Cl)C(C)(C)C)cc1.Cl. The van der Waals surface area contributed by atoms with Crippen LogP contribution in [0.15, 0.2) is 48.0 Å². The highest BCUT2D eigenvalue weighted by Gasteiger charge is 2.46.